The van der Waals surface area contributed by atoms with Crippen LogP contribution >= 0.6 is 39.9 Å². The second-order valence-corrected chi connectivity index (χ2v) is 7.46. The first kappa shape index (κ1) is 11.8. The van der Waals surface area contributed by atoms with Gasteiger partial charge < -0.3 is 0 Å². The van der Waals surface area contributed by atoms with Crippen molar-refractivity contribution in [2.24, 2.45) is 0 Å². The molecule has 0 saturated carbocycles. The Hall–Kier alpha value is 0.840. The quantitative estimate of drug-likeness (QED) is 0.632. The smallest absolute Gasteiger partial charge is 0.276 e. The van der Waals surface area contributed by atoms with Gasteiger partial charge in [-0.1, -0.05) is 24.9 Å². The molecule has 0 spiro atoms. The van der Waals surface area contributed by atoms with Gasteiger partial charge in [-0.05, 0) is 35.3 Å². The third-order valence-corrected chi connectivity index (χ3v) is 2.71. The zero-order valence-corrected chi connectivity index (χ0v) is 9.35. The molecule has 0 aromatic carbocycles. The van der Waals surface area contributed by atoms with Gasteiger partial charge in [0, 0.05) is 10.8 Å². The van der Waals surface area contributed by atoms with E-state index in [2.05, 4.69) is 0 Å². The summed E-state index contributed by atoms with van der Waals surface area (Å²) in [5.41, 5.74) is 0. The zero-order valence-electron chi connectivity index (χ0n) is 6.19. The van der Waals surface area contributed by atoms with Gasteiger partial charge in [0.25, 0.3) is 5.85 Å². The molecule has 0 heterocycles. The van der Waals surface area contributed by atoms with Gasteiger partial charge in [0.15, 0.2) is 0 Å². The van der Waals surface area contributed by atoms with Crippen LogP contribution in [0, 0.1) is 0 Å². The van der Waals surface area contributed by atoms with Crippen molar-refractivity contribution in [2.75, 3.05) is 0 Å². The van der Waals surface area contributed by atoms with Crippen LogP contribution in [0.3, 0.4) is 0 Å². The van der Waals surface area contributed by atoms with E-state index in [0.29, 0.717) is 11.5 Å². The molecule has 0 aliphatic carbocycles. The molecular formula is C6H10Cl3OP. The summed E-state index contributed by atoms with van der Waals surface area (Å²) in [5.74, 6) is -1.88. The molecule has 0 aromatic rings. The molecular weight excluding hydrogens is 225 g/mol. The van der Waals surface area contributed by atoms with Crippen LogP contribution in [0.5, 0.6) is 0 Å². The number of halogens is 3. The summed E-state index contributed by atoms with van der Waals surface area (Å²) in [4.78, 5) is 0. The van der Waals surface area contributed by atoms with E-state index in [9.17, 15) is 4.57 Å². The van der Waals surface area contributed by atoms with Crippen molar-refractivity contribution in [2.45, 2.75) is 26.2 Å². The molecule has 0 fully saturated rings. The van der Waals surface area contributed by atoms with Crippen LogP contribution in [-0.4, -0.2) is 0 Å². The molecule has 0 amide bonds. The number of hydrogen-bond donors (Lipinski definition) is 0. The number of rotatable bonds is 4. The number of hydrogen-bond acceptors (Lipinski definition) is 1. The highest BCUT2D eigenvalue weighted by Gasteiger charge is 2.09. The Morgan fingerprint density at radius 3 is 2.45 bits per heavy atom. The molecule has 0 bridgehead atoms. The Morgan fingerprint density at radius 2 is 2.09 bits per heavy atom. The first-order chi connectivity index (χ1) is 4.95. The third kappa shape index (κ3) is 8.75. The Kier molecular flexibility index (Phi) is 5.90. The van der Waals surface area contributed by atoms with Crippen LogP contribution in [0.15, 0.2) is 10.8 Å². The van der Waals surface area contributed by atoms with E-state index in [1.807, 2.05) is 6.92 Å². The summed E-state index contributed by atoms with van der Waals surface area (Å²) >= 11 is 16.2. The van der Waals surface area contributed by atoms with Crippen LogP contribution in [0.25, 0.3) is 0 Å². The molecule has 11 heavy (non-hydrogen) atoms. The summed E-state index contributed by atoms with van der Waals surface area (Å²) < 4.78 is 10.8. The molecule has 66 valence electrons. The van der Waals surface area contributed by atoms with Crippen molar-refractivity contribution >= 4 is 39.9 Å². The summed E-state index contributed by atoms with van der Waals surface area (Å²) in [6.07, 6.45) is 2.70. The molecule has 5 heteroatoms. The summed E-state index contributed by atoms with van der Waals surface area (Å²) in [6.45, 7) is 2.05. The fourth-order valence-corrected chi connectivity index (χ4v) is 2.58. The largest absolute Gasteiger partial charge is 0.285 e. The Balaban J connectivity index is 3.91. The Morgan fingerprint density at radius 1 is 1.55 bits per heavy atom. The zero-order chi connectivity index (χ0) is 8.91. The average Bonchev–Trinajstić information content (AvgIpc) is 1.79. The maximum Gasteiger partial charge on any atom is 0.276 e. The number of unbranched alkanes of at least 4 members (excludes halogenated alkanes) is 1. The molecule has 0 aliphatic heterocycles. The molecule has 0 radical (unpaired) electrons. The number of allylic oxidation sites excluding steroid dienone is 1. The van der Waals surface area contributed by atoms with Crippen LogP contribution in [0.1, 0.15) is 26.2 Å². The van der Waals surface area contributed by atoms with Crippen LogP contribution in [-0.2, 0) is 4.57 Å². The van der Waals surface area contributed by atoms with E-state index in [1.54, 1.807) is 0 Å². The second kappa shape index (κ2) is 5.48. The molecule has 1 nitrogen and oxygen atoms in total. The van der Waals surface area contributed by atoms with Gasteiger partial charge in [-0.2, -0.15) is 0 Å². The minimum absolute atomic E-state index is 0.486. The average molecular weight is 235 g/mol. The standard InChI is InChI=1S/C6H10Cl3OP/c1-2-3-4-6(7)5-11(8,9)10/h5H,2-4H2,1H3/b6-5-. The van der Waals surface area contributed by atoms with E-state index in [0.717, 1.165) is 12.8 Å². The highest BCUT2D eigenvalue weighted by atomic mass is 35.9. The predicted molar refractivity (Wildman–Crippen MR) is 52.8 cm³/mol. The lowest BCUT2D eigenvalue weighted by atomic mass is 10.2. The summed E-state index contributed by atoms with van der Waals surface area (Å²) in [6, 6.07) is 0. The monoisotopic (exact) mass is 234 g/mol. The molecule has 0 saturated heterocycles. The van der Waals surface area contributed by atoms with E-state index in [-0.39, 0.29) is 0 Å². The van der Waals surface area contributed by atoms with E-state index < -0.39 is 5.85 Å². The predicted octanol–water partition coefficient (Wildman–Crippen LogP) is 4.93. The van der Waals surface area contributed by atoms with E-state index >= 15 is 0 Å². The van der Waals surface area contributed by atoms with Crippen molar-refractivity contribution in [3.05, 3.63) is 10.8 Å². The van der Waals surface area contributed by atoms with Gasteiger partial charge in [-0.15, -0.1) is 0 Å². The SMILES string of the molecule is CCCC/C(Cl)=C/P(=O)(Cl)Cl. The lowest BCUT2D eigenvalue weighted by molar-refractivity contribution is 0.597. The van der Waals surface area contributed by atoms with Crippen LogP contribution in [0.4, 0.5) is 0 Å². The lowest BCUT2D eigenvalue weighted by Crippen LogP contribution is -1.72. The van der Waals surface area contributed by atoms with Crippen molar-refractivity contribution < 1.29 is 4.57 Å². The van der Waals surface area contributed by atoms with Gasteiger partial charge in [0.1, 0.15) is 0 Å². The van der Waals surface area contributed by atoms with Crippen molar-refractivity contribution in [1.29, 1.82) is 0 Å². The molecule has 0 rings (SSSR count). The Labute approximate surface area is 81.7 Å². The Bertz CT molecular complexity index is 184. The van der Waals surface area contributed by atoms with Gasteiger partial charge in [0.05, 0.1) is 0 Å². The van der Waals surface area contributed by atoms with E-state index in [1.165, 1.54) is 5.82 Å². The molecule has 0 atom stereocenters. The molecule has 0 aromatic heterocycles. The maximum absolute atomic E-state index is 10.8. The van der Waals surface area contributed by atoms with Crippen molar-refractivity contribution in [3.8, 4) is 0 Å². The third-order valence-electron chi connectivity index (χ3n) is 1.06. The van der Waals surface area contributed by atoms with Crippen molar-refractivity contribution in [1.82, 2.24) is 0 Å². The minimum Gasteiger partial charge on any atom is -0.285 e. The minimum atomic E-state index is -3.11. The molecule has 0 aliphatic rings. The van der Waals surface area contributed by atoms with Gasteiger partial charge in [0.2, 0.25) is 0 Å². The fraction of sp³-hybridized carbons (Fsp3) is 0.667. The first-order valence-corrected chi connectivity index (χ1v) is 7.28. The van der Waals surface area contributed by atoms with E-state index in [4.69, 9.17) is 34.1 Å². The summed E-state index contributed by atoms with van der Waals surface area (Å²) in [5, 5.41) is 0.486. The van der Waals surface area contributed by atoms with Gasteiger partial charge >= 0.3 is 0 Å². The van der Waals surface area contributed by atoms with Gasteiger partial charge in [-0.25, -0.2) is 0 Å². The van der Waals surface area contributed by atoms with Crippen LogP contribution in [0.2, 0.25) is 0 Å². The topological polar surface area (TPSA) is 17.1 Å². The fourth-order valence-electron chi connectivity index (χ4n) is 0.573. The molecule has 0 unspecified atom stereocenters. The second-order valence-electron chi connectivity index (χ2n) is 2.18. The molecule has 0 N–H and O–H groups in total. The van der Waals surface area contributed by atoms with Gasteiger partial charge in [-0.3, -0.25) is 4.57 Å². The first-order valence-electron chi connectivity index (χ1n) is 3.32. The van der Waals surface area contributed by atoms with Crippen LogP contribution < -0.4 is 0 Å². The normalized spacial score (nSPS) is 13.6. The highest BCUT2D eigenvalue weighted by Crippen LogP contribution is 2.59. The maximum atomic E-state index is 10.8. The highest BCUT2D eigenvalue weighted by molar-refractivity contribution is 8.10. The lowest BCUT2D eigenvalue weighted by Gasteiger charge is -1.97. The summed E-state index contributed by atoms with van der Waals surface area (Å²) in [7, 11) is 0. The van der Waals surface area contributed by atoms with Crippen molar-refractivity contribution in [3.63, 3.8) is 0 Å².